The molecule has 0 saturated heterocycles. The quantitative estimate of drug-likeness (QED) is 0.689. The molecule has 0 radical (unpaired) electrons. The Morgan fingerprint density at radius 2 is 2.05 bits per heavy atom. The molecule has 0 bridgehead atoms. The van der Waals surface area contributed by atoms with E-state index in [0.717, 1.165) is 0 Å². The molecule has 0 aliphatic heterocycles. The molecule has 4 nitrogen and oxygen atoms in total. The maximum Gasteiger partial charge on any atom is 0.340 e. The van der Waals surface area contributed by atoms with E-state index in [1.807, 2.05) is 6.07 Å². The molecule has 0 atom stereocenters. The van der Waals surface area contributed by atoms with Crippen LogP contribution in [-0.2, 0) is 11.3 Å². The monoisotopic (exact) mass is 320 g/mol. The topological polar surface area (TPSA) is 76.1 Å². The fourth-order valence-electron chi connectivity index (χ4n) is 1.72. The number of benzene rings is 2. The lowest BCUT2D eigenvalue weighted by molar-refractivity contribution is 0.0473. The number of ether oxygens (including phenoxy) is 1. The van der Waals surface area contributed by atoms with Crippen LogP contribution in [0.5, 0.6) is 0 Å². The first kappa shape index (κ1) is 15.2. The van der Waals surface area contributed by atoms with Gasteiger partial charge in [0.1, 0.15) is 6.61 Å². The second-order valence-electron chi connectivity index (χ2n) is 4.25. The van der Waals surface area contributed by atoms with E-state index in [9.17, 15) is 4.79 Å². The molecular formula is C15H10Cl2N2O2. The number of rotatable bonds is 3. The van der Waals surface area contributed by atoms with Crippen LogP contribution in [0, 0.1) is 11.3 Å². The van der Waals surface area contributed by atoms with Gasteiger partial charge in [-0.25, -0.2) is 4.79 Å². The predicted octanol–water partition coefficient (Wildman–Crippen LogP) is 3.80. The lowest BCUT2D eigenvalue weighted by Gasteiger charge is -2.08. The summed E-state index contributed by atoms with van der Waals surface area (Å²) < 4.78 is 5.16. The number of halogens is 2. The van der Waals surface area contributed by atoms with E-state index in [4.69, 9.17) is 38.9 Å². The number of hydrogen-bond donors (Lipinski definition) is 1. The van der Waals surface area contributed by atoms with E-state index in [1.165, 1.54) is 12.1 Å². The van der Waals surface area contributed by atoms with E-state index in [-0.39, 0.29) is 22.2 Å². The molecule has 2 aromatic carbocycles. The van der Waals surface area contributed by atoms with Crippen LogP contribution in [0.2, 0.25) is 10.0 Å². The average Bonchev–Trinajstić information content (AvgIpc) is 2.48. The summed E-state index contributed by atoms with van der Waals surface area (Å²) in [5, 5.41) is 9.10. The molecular weight excluding hydrogens is 311 g/mol. The molecule has 0 fully saturated rings. The van der Waals surface area contributed by atoms with Crippen molar-refractivity contribution in [3.63, 3.8) is 0 Å². The zero-order valence-corrected chi connectivity index (χ0v) is 12.3. The van der Waals surface area contributed by atoms with Gasteiger partial charge in [-0.05, 0) is 29.8 Å². The number of anilines is 1. The summed E-state index contributed by atoms with van der Waals surface area (Å²) in [6.45, 7) is 0.0249. The molecule has 2 aromatic rings. The van der Waals surface area contributed by atoms with E-state index >= 15 is 0 Å². The van der Waals surface area contributed by atoms with Crippen LogP contribution >= 0.6 is 23.2 Å². The lowest BCUT2D eigenvalue weighted by atomic mass is 10.1. The van der Waals surface area contributed by atoms with Gasteiger partial charge in [-0.1, -0.05) is 35.3 Å². The van der Waals surface area contributed by atoms with Gasteiger partial charge in [-0.15, -0.1) is 0 Å². The van der Waals surface area contributed by atoms with Gasteiger partial charge >= 0.3 is 5.97 Å². The van der Waals surface area contributed by atoms with E-state index in [1.54, 1.807) is 24.3 Å². The maximum absolute atomic E-state index is 12.0. The minimum atomic E-state index is -0.628. The van der Waals surface area contributed by atoms with Gasteiger partial charge in [-0.3, -0.25) is 0 Å². The second kappa shape index (κ2) is 6.49. The van der Waals surface area contributed by atoms with Crippen LogP contribution in [0.3, 0.4) is 0 Å². The van der Waals surface area contributed by atoms with Crippen molar-refractivity contribution in [1.82, 2.24) is 0 Å². The highest BCUT2D eigenvalue weighted by atomic mass is 35.5. The molecule has 0 amide bonds. The van der Waals surface area contributed by atoms with Crippen molar-refractivity contribution in [3.05, 3.63) is 63.1 Å². The van der Waals surface area contributed by atoms with Crippen LogP contribution in [0.25, 0.3) is 0 Å². The molecule has 106 valence electrons. The van der Waals surface area contributed by atoms with Gasteiger partial charge in [0.2, 0.25) is 0 Å². The van der Waals surface area contributed by atoms with Crippen molar-refractivity contribution < 1.29 is 9.53 Å². The molecule has 0 heterocycles. The maximum atomic E-state index is 12.0. The van der Waals surface area contributed by atoms with Gasteiger partial charge in [0.25, 0.3) is 0 Å². The molecule has 2 N–H and O–H groups in total. The van der Waals surface area contributed by atoms with Crippen molar-refractivity contribution in [2.75, 3.05) is 5.73 Å². The molecule has 0 unspecified atom stereocenters. The first-order valence-corrected chi connectivity index (χ1v) is 6.67. The van der Waals surface area contributed by atoms with Crippen LogP contribution in [-0.4, -0.2) is 5.97 Å². The Balaban J connectivity index is 2.14. The Bertz CT molecular complexity index is 739. The average molecular weight is 321 g/mol. The highest BCUT2D eigenvalue weighted by molar-refractivity contribution is 6.44. The fraction of sp³-hybridized carbons (Fsp3) is 0.0667. The number of carbonyl (C=O) groups excluding carboxylic acids is 1. The fourth-order valence-corrected chi connectivity index (χ4v) is 2.13. The summed E-state index contributed by atoms with van der Waals surface area (Å²) in [5.41, 5.74) is 7.25. The first-order chi connectivity index (χ1) is 10.0. The summed E-state index contributed by atoms with van der Waals surface area (Å²) in [6, 6.07) is 11.6. The summed E-state index contributed by atoms with van der Waals surface area (Å²) in [4.78, 5) is 12.0. The first-order valence-electron chi connectivity index (χ1n) is 5.92. The summed E-state index contributed by atoms with van der Waals surface area (Å²) in [7, 11) is 0. The highest BCUT2D eigenvalue weighted by Gasteiger charge is 2.15. The Kier molecular flexibility index (Phi) is 4.69. The van der Waals surface area contributed by atoms with Gasteiger partial charge < -0.3 is 10.5 Å². The zero-order valence-electron chi connectivity index (χ0n) is 10.8. The Morgan fingerprint density at radius 3 is 2.76 bits per heavy atom. The number of nitriles is 1. The number of nitrogen functional groups attached to an aromatic ring is 1. The van der Waals surface area contributed by atoms with Crippen molar-refractivity contribution in [2.24, 2.45) is 0 Å². The third kappa shape index (κ3) is 3.66. The molecule has 6 heteroatoms. The van der Waals surface area contributed by atoms with E-state index in [2.05, 4.69) is 0 Å². The summed E-state index contributed by atoms with van der Waals surface area (Å²) >= 11 is 11.8. The predicted molar refractivity (Wildman–Crippen MR) is 81.2 cm³/mol. The van der Waals surface area contributed by atoms with Crippen molar-refractivity contribution in [3.8, 4) is 6.07 Å². The standard InChI is InChI=1S/C15H10Cl2N2O2/c16-13-6-11(19)5-12(14(13)17)15(20)21-8-10-3-1-2-9(4-10)7-18/h1-6H,8,19H2. The number of carbonyl (C=O) groups is 1. The highest BCUT2D eigenvalue weighted by Crippen LogP contribution is 2.29. The molecule has 0 aliphatic carbocycles. The minimum Gasteiger partial charge on any atom is -0.457 e. The van der Waals surface area contributed by atoms with Crippen molar-refractivity contribution in [1.29, 1.82) is 5.26 Å². The Morgan fingerprint density at radius 1 is 1.29 bits per heavy atom. The number of esters is 1. The number of hydrogen-bond acceptors (Lipinski definition) is 4. The minimum absolute atomic E-state index is 0.0249. The molecule has 0 aliphatic rings. The second-order valence-corrected chi connectivity index (χ2v) is 5.04. The van der Waals surface area contributed by atoms with Crippen LogP contribution in [0.15, 0.2) is 36.4 Å². The zero-order chi connectivity index (χ0) is 15.4. The molecule has 21 heavy (non-hydrogen) atoms. The number of nitrogens with zero attached hydrogens (tertiary/aromatic N) is 1. The number of nitrogens with two attached hydrogens (primary N) is 1. The smallest absolute Gasteiger partial charge is 0.340 e. The van der Waals surface area contributed by atoms with E-state index < -0.39 is 5.97 Å². The van der Waals surface area contributed by atoms with Gasteiger partial charge in [0.15, 0.2) is 0 Å². The van der Waals surface area contributed by atoms with Crippen molar-refractivity contribution >= 4 is 34.9 Å². The summed E-state index contributed by atoms with van der Waals surface area (Å²) in [5.74, 6) is -0.628. The third-order valence-corrected chi connectivity index (χ3v) is 3.50. The van der Waals surface area contributed by atoms with E-state index in [0.29, 0.717) is 16.8 Å². The Labute approximate surface area is 131 Å². The SMILES string of the molecule is N#Cc1cccc(COC(=O)c2cc(N)cc(Cl)c2Cl)c1. The van der Waals surface area contributed by atoms with Crippen molar-refractivity contribution in [2.45, 2.75) is 6.61 Å². The Hall–Kier alpha value is -2.22. The molecule has 0 spiro atoms. The van der Waals surface area contributed by atoms with Crippen LogP contribution in [0.1, 0.15) is 21.5 Å². The summed E-state index contributed by atoms with van der Waals surface area (Å²) in [6.07, 6.45) is 0. The van der Waals surface area contributed by atoms with Gasteiger partial charge in [0, 0.05) is 5.69 Å². The largest absolute Gasteiger partial charge is 0.457 e. The van der Waals surface area contributed by atoms with Crippen LogP contribution in [0.4, 0.5) is 5.69 Å². The third-order valence-electron chi connectivity index (χ3n) is 2.70. The molecule has 0 aromatic heterocycles. The molecule has 0 saturated carbocycles. The normalized spacial score (nSPS) is 9.95. The van der Waals surface area contributed by atoms with Gasteiger partial charge in [0.05, 0.1) is 27.2 Å². The van der Waals surface area contributed by atoms with Gasteiger partial charge in [-0.2, -0.15) is 5.26 Å². The molecule has 2 rings (SSSR count). The lowest BCUT2D eigenvalue weighted by Crippen LogP contribution is -2.07. The van der Waals surface area contributed by atoms with Crippen LogP contribution < -0.4 is 5.73 Å².